The van der Waals surface area contributed by atoms with E-state index in [9.17, 15) is 9.18 Å². The van der Waals surface area contributed by atoms with Crippen molar-refractivity contribution in [3.05, 3.63) is 64.1 Å². The normalized spacial score (nSPS) is 15.1. The summed E-state index contributed by atoms with van der Waals surface area (Å²) in [5.74, 6) is 3.19. The van der Waals surface area contributed by atoms with Crippen molar-refractivity contribution in [2.45, 2.75) is 19.3 Å². The molecule has 0 aliphatic carbocycles. The average Bonchev–Trinajstić information content (AvgIpc) is 3.16. The van der Waals surface area contributed by atoms with Crippen LogP contribution < -0.4 is 14.8 Å². The maximum atomic E-state index is 13.3. The summed E-state index contributed by atoms with van der Waals surface area (Å²) < 4.78 is 24.6. The van der Waals surface area contributed by atoms with Gasteiger partial charge in [0.05, 0.1) is 12.3 Å². The van der Waals surface area contributed by atoms with Crippen LogP contribution in [0.2, 0.25) is 0 Å². The van der Waals surface area contributed by atoms with Gasteiger partial charge in [-0.05, 0) is 42.3 Å². The first-order valence-electron chi connectivity index (χ1n) is 9.61. The van der Waals surface area contributed by atoms with Crippen molar-refractivity contribution in [1.82, 2.24) is 0 Å². The Kier molecular flexibility index (Phi) is 5.73. The summed E-state index contributed by atoms with van der Waals surface area (Å²) in [6.07, 6.45) is 5.63. The van der Waals surface area contributed by atoms with Gasteiger partial charge >= 0.3 is 0 Å². The van der Waals surface area contributed by atoms with E-state index in [-0.39, 0.29) is 24.2 Å². The third kappa shape index (κ3) is 3.89. The van der Waals surface area contributed by atoms with Crippen molar-refractivity contribution in [1.29, 1.82) is 0 Å². The van der Waals surface area contributed by atoms with Gasteiger partial charge in [-0.2, -0.15) is 0 Å². The molecule has 2 aromatic carbocycles. The fourth-order valence-electron chi connectivity index (χ4n) is 3.59. The lowest BCUT2D eigenvalue weighted by Crippen LogP contribution is -2.22. The second-order valence-electron chi connectivity index (χ2n) is 6.83. The van der Waals surface area contributed by atoms with E-state index in [2.05, 4.69) is 11.2 Å². The highest BCUT2D eigenvalue weighted by molar-refractivity contribution is 7.11. The van der Waals surface area contributed by atoms with E-state index in [0.717, 1.165) is 27.3 Å². The second kappa shape index (κ2) is 8.60. The summed E-state index contributed by atoms with van der Waals surface area (Å²) in [7, 11) is 0. The molecule has 3 aromatic rings. The molecule has 0 radical (unpaired) electrons. The van der Waals surface area contributed by atoms with Gasteiger partial charge in [-0.15, -0.1) is 17.8 Å². The van der Waals surface area contributed by atoms with Crippen molar-refractivity contribution in [3.63, 3.8) is 0 Å². The molecule has 1 atom stereocenters. The highest BCUT2D eigenvalue weighted by Gasteiger charge is 2.31. The number of terminal acetylenes is 1. The lowest BCUT2D eigenvalue weighted by molar-refractivity contribution is -0.116. The largest absolute Gasteiger partial charge is 0.490 e. The molecule has 4 nitrogen and oxygen atoms in total. The van der Waals surface area contributed by atoms with Gasteiger partial charge in [0.15, 0.2) is 11.5 Å². The molecule has 152 valence electrons. The van der Waals surface area contributed by atoms with Crippen LogP contribution in [0.25, 0.3) is 11.1 Å². The van der Waals surface area contributed by atoms with Crippen molar-refractivity contribution >= 4 is 22.9 Å². The fourth-order valence-corrected chi connectivity index (χ4v) is 4.75. The third-order valence-corrected chi connectivity index (χ3v) is 6.02. The van der Waals surface area contributed by atoms with E-state index in [4.69, 9.17) is 15.9 Å². The van der Waals surface area contributed by atoms with Crippen LogP contribution in [0.1, 0.15) is 29.7 Å². The number of amides is 1. The molecule has 0 bridgehead atoms. The Morgan fingerprint density at radius 3 is 2.73 bits per heavy atom. The number of fused-ring (bicyclic) bond motifs is 1. The molecule has 1 amide bonds. The number of hydrogen-bond donors (Lipinski definition) is 1. The van der Waals surface area contributed by atoms with Gasteiger partial charge in [0.2, 0.25) is 5.91 Å². The maximum Gasteiger partial charge on any atom is 0.225 e. The third-order valence-electron chi connectivity index (χ3n) is 4.93. The van der Waals surface area contributed by atoms with Crippen LogP contribution in [-0.4, -0.2) is 19.1 Å². The minimum absolute atomic E-state index is 0.0557. The number of carbonyl (C=O) groups excluding carboxylic acids is 1. The minimum Gasteiger partial charge on any atom is -0.490 e. The van der Waals surface area contributed by atoms with E-state index in [1.165, 1.54) is 12.1 Å². The van der Waals surface area contributed by atoms with E-state index in [1.54, 1.807) is 23.5 Å². The predicted molar refractivity (Wildman–Crippen MR) is 117 cm³/mol. The van der Waals surface area contributed by atoms with Crippen molar-refractivity contribution in [2.75, 3.05) is 18.5 Å². The Morgan fingerprint density at radius 1 is 1.20 bits per heavy atom. The molecule has 1 aromatic heterocycles. The van der Waals surface area contributed by atoms with Gasteiger partial charge in [-0.1, -0.05) is 24.1 Å². The summed E-state index contributed by atoms with van der Waals surface area (Å²) in [6.45, 7) is 2.54. The van der Waals surface area contributed by atoms with Crippen LogP contribution in [0.5, 0.6) is 11.5 Å². The Labute approximate surface area is 178 Å². The lowest BCUT2D eigenvalue weighted by atomic mass is 9.89. The van der Waals surface area contributed by atoms with Crippen molar-refractivity contribution in [2.24, 2.45) is 0 Å². The SMILES string of the molecule is C#CCOc1ccc(C2CC(=O)Nc3c(-c4ccc(F)cc4)csc32)cc1OCC. The number of halogens is 1. The summed E-state index contributed by atoms with van der Waals surface area (Å²) in [5.41, 5.74) is 3.52. The zero-order valence-corrected chi connectivity index (χ0v) is 17.2. The zero-order chi connectivity index (χ0) is 21.1. The number of thiophene rings is 1. The standard InChI is InChI=1S/C24H20FNO3S/c1-3-11-29-20-10-7-16(12-21(20)28-4-2)18-13-22(27)26-23-19(14-30-24(18)23)15-5-8-17(25)9-6-15/h1,5-10,12,14,18H,4,11,13H2,2H3,(H,26,27). The smallest absolute Gasteiger partial charge is 0.225 e. The number of ether oxygens (including phenoxy) is 2. The maximum absolute atomic E-state index is 13.3. The molecule has 4 rings (SSSR count). The number of anilines is 1. The quantitative estimate of drug-likeness (QED) is 0.539. The highest BCUT2D eigenvalue weighted by atomic mass is 32.1. The Morgan fingerprint density at radius 2 is 2.00 bits per heavy atom. The fraction of sp³-hybridized carbons (Fsp3) is 0.208. The van der Waals surface area contributed by atoms with Gasteiger partial charge in [0.1, 0.15) is 12.4 Å². The monoisotopic (exact) mass is 421 g/mol. The molecule has 30 heavy (non-hydrogen) atoms. The molecular formula is C24H20FNO3S. The molecule has 1 unspecified atom stereocenters. The number of hydrogen-bond acceptors (Lipinski definition) is 4. The first-order valence-corrected chi connectivity index (χ1v) is 10.5. The Balaban J connectivity index is 1.73. The van der Waals surface area contributed by atoms with Crippen LogP contribution >= 0.6 is 11.3 Å². The van der Waals surface area contributed by atoms with Crippen LogP contribution in [0, 0.1) is 18.2 Å². The summed E-state index contributed by atoms with van der Waals surface area (Å²) in [4.78, 5) is 13.6. The summed E-state index contributed by atoms with van der Waals surface area (Å²) in [5, 5.41) is 5.00. The second-order valence-corrected chi connectivity index (χ2v) is 7.74. The van der Waals surface area contributed by atoms with Gasteiger partial charge in [0, 0.05) is 28.2 Å². The number of rotatable bonds is 6. The van der Waals surface area contributed by atoms with E-state index >= 15 is 0 Å². The Hall–Kier alpha value is -3.30. The number of benzene rings is 2. The lowest BCUT2D eigenvalue weighted by Gasteiger charge is -2.24. The minimum atomic E-state index is -0.291. The van der Waals surface area contributed by atoms with Gasteiger partial charge in [0.25, 0.3) is 0 Å². The van der Waals surface area contributed by atoms with Crippen LogP contribution in [-0.2, 0) is 4.79 Å². The molecule has 0 saturated carbocycles. The molecule has 6 heteroatoms. The molecule has 0 saturated heterocycles. The first-order chi connectivity index (χ1) is 14.6. The first kappa shape index (κ1) is 20.0. The molecule has 0 fully saturated rings. The molecular weight excluding hydrogens is 401 g/mol. The number of carbonyl (C=O) groups is 1. The molecule has 1 aliphatic heterocycles. The van der Waals surface area contributed by atoms with Crippen molar-refractivity contribution in [3.8, 4) is 35.0 Å². The summed E-state index contributed by atoms with van der Waals surface area (Å²) >= 11 is 1.59. The zero-order valence-electron chi connectivity index (χ0n) is 16.4. The van der Waals surface area contributed by atoms with Gasteiger partial charge in [-0.25, -0.2) is 4.39 Å². The predicted octanol–water partition coefficient (Wildman–Crippen LogP) is 5.44. The van der Waals surface area contributed by atoms with Gasteiger partial charge < -0.3 is 14.8 Å². The Bertz CT molecular complexity index is 1110. The molecule has 1 N–H and O–H groups in total. The number of nitrogens with one attached hydrogen (secondary N) is 1. The molecule has 0 spiro atoms. The van der Waals surface area contributed by atoms with Crippen LogP contribution in [0.15, 0.2) is 47.8 Å². The molecule has 1 aliphatic rings. The average molecular weight is 421 g/mol. The van der Waals surface area contributed by atoms with E-state index in [1.807, 2.05) is 30.5 Å². The van der Waals surface area contributed by atoms with Crippen molar-refractivity contribution < 1.29 is 18.7 Å². The van der Waals surface area contributed by atoms with Crippen LogP contribution in [0.3, 0.4) is 0 Å². The highest BCUT2D eigenvalue weighted by Crippen LogP contribution is 2.47. The molecule has 2 heterocycles. The topological polar surface area (TPSA) is 47.6 Å². The van der Waals surface area contributed by atoms with Gasteiger partial charge in [-0.3, -0.25) is 4.79 Å². The van der Waals surface area contributed by atoms with E-state index in [0.29, 0.717) is 24.5 Å². The van der Waals surface area contributed by atoms with Crippen LogP contribution in [0.4, 0.5) is 10.1 Å². The summed E-state index contributed by atoms with van der Waals surface area (Å²) in [6, 6.07) is 12.0. The van der Waals surface area contributed by atoms with E-state index < -0.39 is 0 Å².